The van der Waals surface area contributed by atoms with Crippen LogP contribution in [0.2, 0.25) is 0 Å². The number of rotatable bonds is 7. The summed E-state index contributed by atoms with van der Waals surface area (Å²) in [5.74, 6) is 1.82. The summed E-state index contributed by atoms with van der Waals surface area (Å²) in [7, 11) is 0. The highest BCUT2D eigenvalue weighted by atomic mass is 32.1. The van der Waals surface area contributed by atoms with Gasteiger partial charge < -0.3 is 4.42 Å². The lowest BCUT2D eigenvalue weighted by molar-refractivity contribution is 0.669. The van der Waals surface area contributed by atoms with E-state index in [1.807, 2.05) is 53.8 Å². The Bertz CT molecular complexity index is 3630. The normalized spacial score (nSPS) is 11.5. The topological polar surface area (TPSA) is 51.8 Å². The lowest BCUT2D eigenvalue weighted by atomic mass is 9.94. The monoisotopic (exact) mass is 809 g/mol. The third kappa shape index (κ3) is 6.44. The van der Waals surface area contributed by atoms with Gasteiger partial charge in [0.15, 0.2) is 17.5 Å². The molecule has 0 atom stereocenters. The molecule has 12 aromatic rings. The van der Waals surface area contributed by atoms with Gasteiger partial charge in [-0.15, -0.1) is 11.3 Å². The number of hydrogen-bond donors (Lipinski definition) is 0. The molecule has 0 saturated carbocycles. The minimum atomic E-state index is 0.585. The molecule has 0 N–H and O–H groups in total. The molecular formula is C57H35N3OS. The first-order valence-corrected chi connectivity index (χ1v) is 21.6. The molecule has 0 aliphatic heterocycles. The SMILES string of the molecule is c1ccc(-c2ccc(-c3nc(-c4ccccc4)nc(-c4ccc5c(c4)oc4cccc(-c6cccc(-c7cccc(-c8ccc9sc%10ccccc%10c9c8)c7)c6)c45)n3)cc2)cc1. The zero-order valence-corrected chi connectivity index (χ0v) is 34.2. The number of aromatic nitrogens is 3. The number of furan rings is 1. The van der Waals surface area contributed by atoms with Gasteiger partial charge in [0.1, 0.15) is 11.2 Å². The lowest BCUT2D eigenvalue weighted by Gasteiger charge is -2.10. The molecule has 3 aromatic heterocycles. The Labute approximate surface area is 362 Å². The Kier molecular flexibility index (Phi) is 8.65. The summed E-state index contributed by atoms with van der Waals surface area (Å²) in [5, 5.41) is 4.74. The molecule has 0 aliphatic carbocycles. The molecule has 0 radical (unpaired) electrons. The Balaban J connectivity index is 0.907. The number of fused-ring (bicyclic) bond motifs is 6. The molecule has 4 nitrogen and oxygen atoms in total. The van der Waals surface area contributed by atoms with Crippen molar-refractivity contribution in [3.63, 3.8) is 0 Å². The number of benzene rings is 9. The molecule has 0 fully saturated rings. The van der Waals surface area contributed by atoms with Gasteiger partial charge in [-0.2, -0.15) is 0 Å². The highest BCUT2D eigenvalue weighted by molar-refractivity contribution is 7.25. The Hall–Kier alpha value is -7.99. The largest absolute Gasteiger partial charge is 0.456 e. The van der Waals surface area contributed by atoms with Crippen molar-refractivity contribution in [1.29, 1.82) is 0 Å². The lowest BCUT2D eigenvalue weighted by Crippen LogP contribution is -2.00. The van der Waals surface area contributed by atoms with E-state index in [-0.39, 0.29) is 0 Å². The second-order valence-electron chi connectivity index (χ2n) is 15.6. The molecule has 0 amide bonds. The summed E-state index contributed by atoms with van der Waals surface area (Å²) in [6, 6.07) is 74.7. The summed E-state index contributed by atoms with van der Waals surface area (Å²) in [6.45, 7) is 0. The Morgan fingerprint density at radius 2 is 0.790 bits per heavy atom. The smallest absolute Gasteiger partial charge is 0.164 e. The molecule has 9 aromatic carbocycles. The van der Waals surface area contributed by atoms with Crippen LogP contribution in [0, 0.1) is 0 Å². The summed E-state index contributed by atoms with van der Waals surface area (Å²) < 4.78 is 9.26. The van der Waals surface area contributed by atoms with Crippen LogP contribution < -0.4 is 0 Å². The summed E-state index contributed by atoms with van der Waals surface area (Å²) in [6.07, 6.45) is 0. The van der Waals surface area contributed by atoms with Crippen molar-refractivity contribution in [2.75, 3.05) is 0 Å². The van der Waals surface area contributed by atoms with E-state index < -0.39 is 0 Å². The minimum Gasteiger partial charge on any atom is -0.456 e. The maximum atomic E-state index is 6.62. The summed E-state index contributed by atoms with van der Waals surface area (Å²) in [5.41, 5.74) is 13.6. The van der Waals surface area contributed by atoms with E-state index >= 15 is 0 Å². The number of nitrogens with zero attached hydrogens (tertiary/aromatic N) is 3. The van der Waals surface area contributed by atoms with Crippen molar-refractivity contribution in [2.45, 2.75) is 0 Å². The van der Waals surface area contributed by atoms with Gasteiger partial charge in [-0.1, -0.05) is 164 Å². The zero-order chi connectivity index (χ0) is 41.0. The van der Waals surface area contributed by atoms with Gasteiger partial charge in [0.05, 0.1) is 0 Å². The van der Waals surface area contributed by atoms with Gasteiger partial charge in [-0.05, 0) is 93.0 Å². The Morgan fingerprint density at radius 1 is 0.290 bits per heavy atom. The van der Waals surface area contributed by atoms with E-state index in [0.29, 0.717) is 17.5 Å². The van der Waals surface area contributed by atoms with E-state index in [0.717, 1.165) is 66.4 Å². The van der Waals surface area contributed by atoms with Gasteiger partial charge in [0.25, 0.3) is 0 Å². The average molecular weight is 810 g/mol. The first kappa shape index (κ1) is 35.9. The molecular weight excluding hydrogens is 775 g/mol. The first-order chi connectivity index (χ1) is 30.7. The number of thiophene rings is 1. The van der Waals surface area contributed by atoms with E-state index in [4.69, 9.17) is 19.4 Å². The second kappa shape index (κ2) is 14.9. The molecule has 0 saturated heterocycles. The predicted octanol–water partition coefficient (Wildman–Crippen LogP) is 15.8. The van der Waals surface area contributed by atoms with Crippen molar-refractivity contribution in [1.82, 2.24) is 15.0 Å². The van der Waals surface area contributed by atoms with Gasteiger partial charge in [0, 0.05) is 47.6 Å². The van der Waals surface area contributed by atoms with Crippen LogP contribution in [0.4, 0.5) is 0 Å². The van der Waals surface area contributed by atoms with Crippen molar-refractivity contribution in [3.8, 4) is 78.7 Å². The predicted molar refractivity (Wildman–Crippen MR) is 258 cm³/mol. The molecule has 12 rings (SSSR count). The molecule has 62 heavy (non-hydrogen) atoms. The van der Waals surface area contributed by atoms with Crippen molar-refractivity contribution >= 4 is 53.4 Å². The van der Waals surface area contributed by atoms with E-state index in [9.17, 15) is 0 Å². The third-order valence-corrected chi connectivity index (χ3v) is 12.9. The zero-order valence-electron chi connectivity index (χ0n) is 33.4. The van der Waals surface area contributed by atoms with Crippen LogP contribution >= 0.6 is 11.3 Å². The van der Waals surface area contributed by atoms with Gasteiger partial charge in [-0.3, -0.25) is 0 Å². The van der Waals surface area contributed by atoms with E-state index in [1.54, 1.807) is 0 Å². The maximum absolute atomic E-state index is 6.62. The Morgan fingerprint density at radius 3 is 1.53 bits per heavy atom. The van der Waals surface area contributed by atoms with Crippen LogP contribution in [0.1, 0.15) is 0 Å². The molecule has 5 heteroatoms. The average Bonchev–Trinajstić information content (AvgIpc) is 3.92. The first-order valence-electron chi connectivity index (χ1n) is 20.7. The fraction of sp³-hybridized carbons (Fsp3) is 0. The minimum absolute atomic E-state index is 0.585. The van der Waals surface area contributed by atoms with Crippen LogP contribution in [0.15, 0.2) is 217 Å². The van der Waals surface area contributed by atoms with Crippen molar-refractivity contribution < 1.29 is 4.42 Å². The second-order valence-corrected chi connectivity index (χ2v) is 16.7. The fourth-order valence-corrected chi connectivity index (χ4v) is 9.73. The highest BCUT2D eigenvalue weighted by Crippen LogP contribution is 2.41. The summed E-state index contributed by atoms with van der Waals surface area (Å²) in [4.78, 5) is 15.0. The van der Waals surface area contributed by atoms with Crippen molar-refractivity contribution in [2.24, 2.45) is 0 Å². The van der Waals surface area contributed by atoms with Crippen LogP contribution in [0.3, 0.4) is 0 Å². The highest BCUT2D eigenvalue weighted by Gasteiger charge is 2.17. The van der Waals surface area contributed by atoms with Gasteiger partial charge >= 0.3 is 0 Å². The quantitative estimate of drug-likeness (QED) is 0.161. The van der Waals surface area contributed by atoms with Gasteiger partial charge in [-0.25, -0.2) is 15.0 Å². The fourth-order valence-electron chi connectivity index (χ4n) is 8.65. The third-order valence-electron chi connectivity index (χ3n) is 11.8. The molecule has 0 spiro atoms. The van der Waals surface area contributed by atoms with Crippen LogP contribution in [0.5, 0.6) is 0 Å². The van der Waals surface area contributed by atoms with E-state index in [2.05, 4.69) is 170 Å². The molecule has 3 heterocycles. The van der Waals surface area contributed by atoms with E-state index in [1.165, 1.54) is 36.9 Å². The molecule has 0 bridgehead atoms. The van der Waals surface area contributed by atoms with Crippen LogP contribution in [-0.4, -0.2) is 15.0 Å². The van der Waals surface area contributed by atoms with Gasteiger partial charge in [0.2, 0.25) is 0 Å². The maximum Gasteiger partial charge on any atom is 0.164 e. The molecule has 0 aliphatic rings. The number of hydrogen-bond acceptors (Lipinski definition) is 5. The summed E-state index contributed by atoms with van der Waals surface area (Å²) >= 11 is 1.85. The molecule has 290 valence electrons. The van der Waals surface area contributed by atoms with Crippen LogP contribution in [0.25, 0.3) is 121 Å². The van der Waals surface area contributed by atoms with Crippen LogP contribution in [-0.2, 0) is 0 Å². The standard InChI is InChI=1S/C57H35N3OS/c1-3-12-36(13-4-1)37-24-26-39(27-25-37)56-58-55(38-14-5-2-6-15-38)59-57(60-56)45-28-30-48-51(35-45)61-50-22-11-21-46(54(48)50)44-19-10-18-42(33-44)40-16-9-17-41(32-40)43-29-31-53-49(34-43)47-20-7-8-23-52(47)62-53/h1-35H. The van der Waals surface area contributed by atoms with Crippen molar-refractivity contribution in [3.05, 3.63) is 212 Å². The molecule has 0 unspecified atom stereocenters.